The van der Waals surface area contributed by atoms with Crippen LogP contribution in [0.5, 0.6) is 0 Å². The van der Waals surface area contributed by atoms with E-state index in [9.17, 15) is 0 Å². The standard InChI is InChI=1S/C12H17ClO/c1-4-7-14-10(3)12-8-11(13)6-5-9(12)2/h5-6,8,10H,4,7H2,1-3H3. The molecule has 0 aliphatic heterocycles. The Labute approximate surface area is 91.0 Å². The number of hydrogen-bond donors (Lipinski definition) is 0. The second kappa shape index (κ2) is 5.38. The molecule has 78 valence electrons. The Kier molecular flexibility index (Phi) is 4.43. The lowest BCUT2D eigenvalue weighted by molar-refractivity contribution is 0.0659. The minimum atomic E-state index is 0.133. The Bertz CT molecular complexity index is 296. The molecule has 0 bridgehead atoms. The van der Waals surface area contributed by atoms with Gasteiger partial charge in [-0.2, -0.15) is 0 Å². The second-order valence-electron chi connectivity index (χ2n) is 3.51. The smallest absolute Gasteiger partial charge is 0.0799 e. The largest absolute Gasteiger partial charge is 0.374 e. The van der Waals surface area contributed by atoms with Crippen LogP contribution in [0.2, 0.25) is 5.02 Å². The summed E-state index contributed by atoms with van der Waals surface area (Å²) in [6.45, 7) is 7.05. The van der Waals surface area contributed by atoms with Crippen LogP contribution < -0.4 is 0 Å². The van der Waals surface area contributed by atoms with Crippen LogP contribution in [0.4, 0.5) is 0 Å². The maximum atomic E-state index is 5.94. The first-order chi connectivity index (χ1) is 6.65. The summed E-state index contributed by atoms with van der Waals surface area (Å²) in [5.41, 5.74) is 2.42. The fourth-order valence-corrected chi connectivity index (χ4v) is 1.61. The van der Waals surface area contributed by atoms with E-state index in [1.807, 2.05) is 18.2 Å². The van der Waals surface area contributed by atoms with Crippen LogP contribution in [0, 0.1) is 6.92 Å². The van der Waals surface area contributed by atoms with Gasteiger partial charge in [0.1, 0.15) is 0 Å². The van der Waals surface area contributed by atoms with Gasteiger partial charge in [-0.3, -0.25) is 0 Å². The van der Waals surface area contributed by atoms with E-state index in [4.69, 9.17) is 16.3 Å². The third-order valence-electron chi connectivity index (χ3n) is 2.25. The summed E-state index contributed by atoms with van der Waals surface area (Å²) in [4.78, 5) is 0. The Hall–Kier alpha value is -0.530. The molecule has 0 spiro atoms. The van der Waals surface area contributed by atoms with Crippen molar-refractivity contribution in [1.29, 1.82) is 0 Å². The van der Waals surface area contributed by atoms with Crippen molar-refractivity contribution < 1.29 is 4.74 Å². The minimum absolute atomic E-state index is 0.133. The molecule has 0 amide bonds. The number of aryl methyl sites for hydroxylation is 1. The van der Waals surface area contributed by atoms with E-state index in [2.05, 4.69) is 20.8 Å². The maximum Gasteiger partial charge on any atom is 0.0799 e. The lowest BCUT2D eigenvalue weighted by Crippen LogP contribution is -2.02. The minimum Gasteiger partial charge on any atom is -0.374 e. The first kappa shape index (κ1) is 11.5. The van der Waals surface area contributed by atoms with Gasteiger partial charge in [0.2, 0.25) is 0 Å². The zero-order valence-corrected chi connectivity index (χ0v) is 9.77. The topological polar surface area (TPSA) is 9.23 Å². The lowest BCUT2D eigenvalue weighted by atomic mass is 10.0. The predicted molar refractivity (Wildman–Crippen MR) is 60.8 cm³/mol. The molecule has 0 fully saturated rings. The van der Waals surface area contributed by atoms with Crippen molar-refractivity contribution in [3.05, 3.63) is 34.3 Å². The summed E-state index contributed by atoms with van der Waals surface area (Å²) in [6.07, 6.45) is 1.18. The van der Waals surface area contributed by atoms with Gasteiger partial charge in [-0.05, 0) is 43.5 Å². The molecule has 0 aliphatic rings. The molecular weight excluding hydrogens is 196 g/mol. The van der Waals surface area contributed by atoms with E-state index >= 15 is 0 Å². The second-order valence-corrected chi connectivity index (χ2v) is 3.95. The number of ether oxygens (including phenoxy) is 1. The number of hydrogen-bond acceptors (Lipinski definition) is 1. The van der Waals surface area contributed by atoms with Gasteiger partial charge in [-0.15, -0.1) is 0 Å². The molecule has 1 rings (SSSR count). The van der Waals surface area contributed by atoms with Crippen molar-refractivity contribution in [3.8, 4) is 0 Å². The molecule has 0 saturated heterocycles. The summed E-state index contributed by atoms with van der Waals surface area (Å²) in [5, 5.41) is 0.776. The third kappa shape index (κ3) is 3.00. The maximum absolute atomic E-state index is 5.94. The van der Waals surface area contributed by atoms with E-state index in [0.29, 0.717) is 0 Å². The summed E-state index contributed by atoms with van der Waals surface area (Å²) < 4.78 is 5.65. The van der Waals surface area contributed by atoms with E-state index in [1.54, 1.807) is 0 Å². The molecular formula is C12H17ClO. The zero-order chi connectivity index (χ0) is 10.6. The van der Waals surface area contributed by atoms with Gasteiger partial charge in [0.25, 0.3) is 0 Å². The van der Waals surface area contributed by atoms with Crippen LogP contribution in [0.25, 0.3) is 0 Å². The molecule has 14 heavy (non-hydrogen) atoms. The van der Waals surface area contributed by atoms with E-state index in [-0.39, 0.29) is 6.10 Å². The van der Waals surface area contributed by atoms with Gasteiger partial charge in [0.05, 0.1) is 6.10 Å². The summed E-state index contributed by atoms with van der Waals surface area (Å²) in [7, 11) is 0. The van der Waals surface area contributed by atoms with Gasteiger partial charge >= 0.3 is 0 Å². The van der Waals surface area contributed by atoms with Gasteiger partial charge in [0, 0.05) is 11.6 Å². The highest BCUT2D eigenvalue weighted by molar-refractivity contribution is 6.30. The van der Waals surface area contributed by atoms with Gasteiger partial charge in [-0.1, -0.05) is 24.6 Å². The number of halogens is 1. The molecule has 1 nitrogen and oxygen atoms in total. The molecule has 1 atom stereocenters. The Morgan fingerprint density at radius 1 is 1.43 bits per heavy atom. The monoisotopic (exact) mass is 212 g/mol. The molecule has 1 aromatic carbocycles. The quantitative estimate of drug-likeness (QED) is 0.729. The average molecular weight is 213 g/mol. The van der Waals surface area contributed by atoms with E-state index in [1.165, 1.54) is 11.1 Å². The highest BCUT2D eigenvalue weighted by Gasteiger charge is 2.08. The molecule has 0 radical (unpaired) electrons. The molecule has 0 heterocycles. The van der Waals surface area contributed by atoms with Crippen molar-refractivity contribution in [2.24, 2.45) is 0 Å². The lowest BCUT2D eigenvalue weighted by Gasteiger charge is -2.15. The van der Waals surface area contributed by atoms with Crippen molar-refractivity contribution in [1.82, 2.24) is 0 Å². The SMILES string of the molecule is CCCOC(C)c1cc(Cl)ccc1C. The molecule has 0 N–H and O–H groups in total. The van der Waals surface area contributed by atoms with Crippen LogP contribution in [-0.4, -0.2) is 6.61 Å². The van der Waals surface area contributed by atoms with Gasteiger partial charge in [-0.25, -0.2) is 0 Å². The molecule has 0 saturated carbocycles. The Balaban J connectivity index is 2.77. The fourth-order valence-electron chi connectivity index (χ4n) is 1.43. The molecule has 0 aromatic heterocycles. The Morgan fingerprint density at radius 2 is 2.14 bits per heavy atom. The van der Waals surface area contributed by atoms with Crippen molar-refractivity contribution >= 4 is 11.6 Å². The summed E-state index contributed by atoms with van der Waals surface area (Å²) in [6, 6.07) is 5.92. The van der Waals surface area contributed by atoms with Crippen LogP contribution in [0.3, 0.4) is 0 Å². The molecule has 0 aliphatic carbocycles. The average Bonchev–Trinajstić information content (AvgIpc) is 2.18. The normalized spacial score (nSPS) is 12.9. The van der Waals surface area contributed by atoms with E-state index in [0.717, 1.165) is 18.1 Å². The highest BCUT2D eigenvalue weighted by atomic mass is 35.5. The summed E-state index contributed by atoms with van der Waals surface area (Å²) >= 11 is 5.94. The first-order valence-electron chi connectivity index (χ1n) is 5.02. The highest BCUT2D eigenvalue weighted by Crippen LogP contribution is 2.24. The predicted octanol–water partition coefficient (Wildman–Crippen LogP) is 4.14. The molecule has 2 heteroatoms. The van der Waals surface area contributed by atoms with Crippen molar-refractivity contribution in [2.75, 3.05) is 6.61 Å². The zero-order valence-electron chi connectivity index (χ0n) is 9.01. The van der Waals surface area contributed by atoms with Gasteiger partial charge < -0.3 is 4.74 Å². The van der Waals surface area contributed by atoms with Crippen LogP contribution in [0.15, 0.2) is 18.2 Å². The van der Waals surface area contributed by atoms with Crippen LogP contribution in [0.1, 0.15) is 37.5 Å². The fraction of sp³-hybridized carbons (Fsp3) is 0.500. The van der Waals surface area contributed by atoms with Crippen LogP contribution in [-0.2, 0) is 4.74 Å². The number of benzene rings is 1. The number of rotatable bonds is 4. The summed E-state index contributed by atoms with van der Waals surface area (Å²) in [5.74, 6) is 0. The van der Waals surface area contributed by atoms with Gasteiger partial charge in [0.15, 0.2) is 0 Å². The van der Waals surface area contributed by atoms with Crippen molar-refractivity contribution in [2.45, 2.75) is 33.3 Å². The first-order valence-corrected chi connectivity index (χ1v) is 5.40. The Morgan fingerprint density at radius 3 is 2.79 bits per heavy atom. The van der Waals surface area contributed by atoms with E-state index < -0.39 is 0 Å². The van der Waals surface area contributed by atoms with Crippen LogP contribution >= 0.6 is 11.6 Å². The molecule has 1 unspecified atom stereocenters. The van der Waals surface area contributed by atoms with Crippen molar-refractivity contribution in [3.63, 3.8) is 0 Å². The third-order valence-corrected chi connectivity index (χ3v) is 2.49. The molecule has 1 aromatic rings.